The van der Waals surface area contributed by atoms with Crippen LogP contribution in [0, 0.1) is 0 Å². The van der Waals surface area contributed by atoms with Crippen molar-refractivity contribution in [2.45, 2.75) is 40.2 Å². The summed E-state index contributed by atoms with van der Waals surface area (Å²) in [5.41, 5.74) is 5.26. The van der Waals surface area contributed by atoms with Gasteiger partial charge in [0.2, 0.25) is 5.91 Å². The van der Waals surface area contributed by atoms with Crippen LogP contribution in [0.4, 0.5) is 0 Å². The van der Waals surface area contributed by atoms with Crippen molar-refractivity contribution in [3.63, 3.8) is 0 Å². The van der Waals surface area contributed by atoms with Gasteiger partial charge in [0.25, 0.3) is 0 Å². The van der Waals surface area contributed by atoms with E-state index >= 15 is 0 Å². The molecule has 0 fully saturated rings. The molecule has 3 N–H and O–H groups in total. The van der Waals surface area contributed by atoms with Crippen molar-refractivity contribution in [2.75, 3.05) is 6.54 Å². The summed E-state index contributed by atoms with van der Waals surface area (Å²) >= 11 is 0. The summed E-state index contributed by atoms with van der Waals surface area (Å²) in [7, 11) is 0. The molecule has 0 saturated heterocycles. The minimum atomic E-state index is -0.378. The second-order valence-corrected chi connectivity index (χ2v) is 2.08. The van der Waals surface area contributed by atoms with Crippen LogP contribution in [0.5, 0.6) is 0 Å². The third-order valence-electron chi connectivity index (χ3n) is 0.963. The van der Waals surface area contributed by atoms with Crippen LogP contribution < -0.4 is 11.1 Å². The number of rotatable bonds is 3. The summed E-state index contributed by atoms with van der Waals surface area (Å²) in [5.74, 6) is -0.0724. The van der Waals surface area contributed by atoms with Gasteiger partial charge in [0.15, 0.2) is 0 Å². The third-order valence-corrected chi connectivity index (χ3v) is 0.963. The van der Waals surface area contributed by atoms with E-state index in [1.165, 1.54) is 0 Å². The Morgan fingerprint density at radius 1 is 1.55 bits per heavy atom. The minimum Gasteiger partial charge on any atom is -0.355 e. The summed E-state index contributed by atoms with van der Waals surface area (Å²) in [6.07, 6.45) is 0.957. The highest BCUT2D eigenvalue weighted by Crippen LogP contribution is 1.75. The molecule has 0 aromatic rings. The van der Waals surface area contributed by atoms with E-state index in [4.69, 9.17) is 5.73 Å². The molecule has 0 aliphatic carbocycles. The third kappa shape index (κ3) is 9.43. The number of carbonyl (C=O) groups excluding carboxylic acids is 1. The lowest BCUT2D eigenvalue weighted by molar-refractivity contribution is -0.121. The highest BCUT2D eigenvalue weighted by molar-refractivity contribution is 5.80. The largest absolute Gasteiger partial charge is 0.355 e. The highest BCUT2D eigenvalue weighted by Gasteiger charge is 2.03. The zero-order chi connectivity index (χ0) is 9.28. The van der Waals surface area contributed by atoms with Gasteiger partial charge in [0.05, 0.1) is 6.04 Å². The van der Waals surface area contributed by atoms with Gasteiger partial charge in [-0.05, 0) is 13.3 Å². The topological polar surface area (TPSA) is 55.1 Å². The Morgan fingerprint density at radius 2 is 2.00 bits per heavy atom. The Labute approximate surface area is 69.4 Å². The lowest BCUT2D eigenvalue weighted by Gasteiger charge is -2.04. The number of hydrogen-bond donors (Lipinski definition) is 2. The average Bonchev–Trinajstić information content (AvgIpc) is 2.03. The van der Waals surface area contributed by atoms with Gasteiger partial charge < -0.3 is 11.1 Å². The molecule has 3 nitrogen and oxygen atoms in total. The minimum absolute atomic E-state index is 0.0724. The van der Waals surface area contributed by atoms with E-state index in [9.17, 15) is 4.79 Å². The van der Waals surface area contributed by atoms with E-state index in [1.807, 2.05) is 20.8 Å². The van der Waals surface area contributed by atoms with Crippen molar-refractivity contribution in [2.24, 2.45) is 5.73 Å². The molecule has 0 bridgehead atoms. The predicted octanol–water partition coefficient (Wildman–Crippen LogP) is 0.886. The maximum Gasteiger partial charge on any atom is 0.236 e. The lowest BCUT2D eigenvalue weighted by Crippen LogP contribution is -2.38. The van der Waals surface area contributed by atoms with Crippen molar-refractivity contribution >= 4 is 5.91 Å². The predicted molar refractivity (Wildman–Crippen MR) is 48.3 cm³/mol. The molecule has 11 heavy (non-hydrogen) atoms. The van der Waals surface area contributed by atoms with Crippen molar-refractivity contribution < 1.29 is 4.79 Å². The molecule has 0 heterocycles. The molecule has 0 aliphatic rings. The number of amides is 1. The van der Waals surface area contributed by atoms with E-state index in [0.717, 1.165) is 13.0 Å². The van der Waals surface area contributed by atoms with Gasteiger partial charge in [0.1, 0.15) is 0 Å². The molecule has 0 spiro atoms. The summed E-state index contributed by atoms with van der Waals surface area (Å²) in [4.78, 5) is 10.7. The molecule has 0 aromatic heterocycles. The quantitative estimate of drug-likeness (QED) is 0.644. The summed E-state index contributed by atoms with van der Waals surface area (Å²) in [6, 6.07) is -0.378. The van der Waals surface area contributed by atoms with Gasteiger partial charge in [-0.25, -0.2) is 0 Å². The van der Waals surface area contributed by atoms with Crippen LogP contribution in [0.2, 0.25) is 0 Å². The van der Waals surface area contributed by atoms with Gasteiger partial charge >= 0.3 is 0 Å². The first-order valence-corrected chi connectivity index (χ1v) is 4.21. The molecule has 3 heteroatoms. The summed E-state index contributed by atoms with van der Waals surface area (Å²) in [6.45, 7) is 8.40. The molecule has 68 valence electrons. The number of nitrogens with one attached hydrogen (secondary N) is 1. The number of hydrogen-bond acceptors (Lipinski definition) is 2. The maximum absolute atomic E-state index is 10.7. The monoisotopic (exact) mass is 160 g/mol. The van der Waals surface area contributed by atoms with Crippen molar-refractivity contribution in [3.8, 4) is 0 Å². The summed E-state index contributed by atoms with van der Waals surface area (Å²) < 4.78 is 0. The van der Waals surface area contributed by atoms with E-state index in [-0.39, 0.29) is 11.9 Å². The molecule has 0 aromatic carbocycles. The van der Waals surface area contributed by atoms with E-state index in [0.29, 0.717) is 0 Å². The fraction of sp³-hybridized carbons (Fsp3) is 0.875. The van der Waals surface area contributed by atoms with E-state index in [1.54, 1.807) is 6.92 Å². The number of carbonyl (C=O) groups is 1. The maximum atomic E-state index is 10.7. The van der Waals surface area contributed by atoms with Crippen LogP contribution >= 0.6 is 0 Å². The molecular formula is C8H20N2O. The van der Waals surface area contributed by atoms with Crippen LogP contribution in [0.15, 0.2) is 0 Å². The second-order valence-electron chi connectivity index (χ2n) is 2.08. The van der Waals surface area contributed by atoms with Gasteiger partial charge in [0, 0.05) is 6.54 Å². The van der Waals surface area contributed by atoms with Gasteiger partial charge in [-0.1, -0.05) is 20.8 Å². The molecule has 0 aliphatic heterocycles. The zero-order valence-corrected chi connectivity index (χ0v) is 7.98. The van der Waals surface area contributed by atoms with Crippen molar-refractivity contribution in [3.05, 3.63) is 0 Å². The molecule has 0 saturated carbocycles. The van der Waals surface area contributed by atoms with Gasteiger partial charge in [-0.2, -0.15) is 0 Å². The molecular weight excluding hydrogens is 140 g/mol. The van der Waals surface area contributed by atoms with Gasteiger partial charge in [-0.15, -0.1) is 0 Å². The first kappa shape index (κ1) is 13.1. The first-order chi connectivity index (χ1) is 5.18. The standard InChI is InChI=1S/C6H14N2O.C2H6/c1-3-4-8-6(9)5(2)7;1-2/h5H,3-4,7H2,1-2H3,(H,8,9);1-2H3. The second kappa shape index (κ2) is 9.43. The van der Waals surface area contributed by atoms with E-state index < -0.39 is 0 Å². The zero-order valence-electron chi connectivity index (χ0n) is 7.98. The SMILES string of the molecule is CC.CCCNC(=O)C(C)N. The fourth-order valence-corrected chi connectivity index (χ4v) is 0.409. The Kier molecular flexibility index (Phi) is 11.2. The van der Waals surface area contributed by atoms with Crippen LogP contribution in [-0.4, -0.2) is 18.5 Å². The Morgan fingerprint density at radius 3 is 2.27 bits per heavy atom. The first-order valence-electron chi connectivity index (χ1n) is 4.21. The molecule has 1 atom stereocenters. The van der Waals surface area contributed by atoms with Crippen LogP contribution in [0.3, 0.4) is 0 Å². The molecule has 0 radical (unpaired) electrons. The Bertz CT molecular complexity index is 92.1. The Balaban J connectivity index is 0. The molecule has 1 unspecified atom stereocenters. The smallest absolute Gasteiger partial charge is 0.236 e. The van der Waals surface area contributed by atoms with Crippen LogP contribution in [-0.2, 0) is 4.79 Å². The molecule has 1 amide bonds. The van der Waals surface area contributed by atoms with Crippen LogP contribution in [0.25, 0.3) is 0 Å². The van der Waals surface area contributed by atoms with E-state index in [2.05, 4.69) is 5.32 Å². The Hall–Kier alpha value is -0.570. The van der Waals surface area contributed by atoms with Crippen molar-refractivity contribution in [1.82, 2.24) is 5.32 Å². The number of nitrogens with two attached hydrogens (primary N) is 1. The fourth-order valence-electron chi connectivity index (χ4n) is 0.409. The average molecular weight is 160 g/mol. The lowest BCUT2D eigenvalue weighted by atomic mass is 10.3. The van der Waals surface area contributed by atoms with Crippen molar-refractivity contribution in [1.29, 1.82) is 0 Å². The van der Waals surface area contributed by atoms with Gasteiger partial charge in [-0.3, -0.25) is 4.79 Å². The van der Waals surface area contributed by atoms with Crippen LogP contribution in [0.1, 0.15) is 34.1 Å². The molecule has 0 rings (SSSR count). The normalized spacial score (nSPS) is 11.0. The highest BCUT2D eigenvalue weighted by atomic mass is 16.2. The summed E-state index contributed by atoms with van der Waals surface area (Å²) in [5, 5.41) is 2.67.